The minimum atomic E-state index is -0.985. The van der Waals surface area contributed by atoms with Crippen LogP contribution in [-0.2, 0) is 20.8 Å². The smallest absolute Gasteiger partial charge is 0.307 e. The van der Waals surface area contributed by atoms with Gasteiger partial charge in [-0.2, -0.15) is 0 Å². The van der Waals surface area contributed by atoms with Crippen molar-refractivity contribution in [2.75, 3.05) is 31.0 Å². The highest BCUT2D eigenvalue weighted by Gasteiger charge is 2.35. The number of aliphatic carboxylic acids is 1. The first kappa shape index (κ1) is 20.2. The Balaban J connectivity index is 1.75. The Bertz CT molecular complexity index is 920. The van der Waals surface area contributed by atoms with Gasteiger partial charge in [-0.1, -0.05) is 18.2 Å². The van der Waals surface area contributed by atoms with Gasteiger partial charge in [-0.3, -0.25) is 14.4 Å². The number of amides is 2. The van der Waals surface area contributed by atoms with E-state index in [0.717, 1.165) is 0 Å². The largest absolute Gasteiger partial charge is 0.497 e. The first-order chi connectivity index (χ1) is 13.9. The molecule has 0 saturated carbocycles. The van der Waals surface area contributed by atoms with E-state index in [1.165, 1.54) is 19.1 Å². The van der Waals surface area contributed by atoms with Gasteiger partial charge in [-0.15, -0.1) is 0 Å². The highest BCUT2D eigenvalue weighted by Crippen LogP contribution is 2.32. The second kappa shape index (κ2) is 8.64. The van der Waals surface area contributed by atoms with Crippen LogP contribution in [0.5, 0.6) is 11.5 Å². The van der Waals surface area contributed by atoms with Gasteiger partial charge in [-0.05, 0) is 11.6 Å². The number of carbonyl (C=O) groups is 3. The van der Waals surface area contributed by atoms with Gasteiger partial charge >= 0.3 is 5.97 Å². The number of nitrogens with zero attached hydrogens (tertiary/aromatic N) is 1. The van der Waals surface area contributed by atoms with Crippen molar-refractivity contribution in [1.29, 1.82) is 0 Å². The summed E-state index contributed by atoms with van der Waals surface area (Å²) >= 11 is 0. The number of carbonyl (C=O) groups excluding carboxylic acids is 2. The standard InChI is InChI=1S/C21H22N2O6/c1-28-16-9-15(10-17(11-16)29-2)23-12-14(7-19(23)24)21(27)22-18-6-4-3-5-13(18)8-20(25)26/h3-6,9-11,14H,7-8,12H2,1-2H3,(H,22,27)(H,25,26). The van der Waals surface area contributed by atoms with Crippen LogP contribution in [0.2, 0.25) is 0 Å². The van der Waals surface area contributed by atoms with E-state index in [0.29, 0.717) is 28.4 Å². The topological polar surface area (TPSA) is 105 Å². The highest BCUT2D eigenvalue weighted by molar-refractivity contribution is 6.04. The average Bonchev–Trinajstić information content (AvgIpc) is 3.10. The molecular formula is C21H22N2O6. The van der Waals surface area contributed by atoms with Crippen LogP contribution in [0.15, 0.2) is 42.5 Å². The van der Waals surface area contributed by atoms with Crippen LogP contribution < -0.4 is 19.7 Å². The Morgan fingerprint density at radius 1 is 1.14 bits per heavy atom. The first-order valence-electron chi connectivity index (χ1n) is 9.05. The summed E-state index contributed by atoms with van der Waals surface area (Å²) in [5, 5.41) is 11.8. The molecule has 2 aromatic carbocycles. The summed E-state index contributed by atoms with van der Waals surface area (Å²) < 4.78 is 10.5. The Kier molecular flexibility index (Phi) is 6.01. The highest BCUT2D eigenvalue weighted by atomic mass is 16.5. The quantitative estimate of drug-likeness (QED) is 0.742. The Morgan fingerprint density at radius 2 is 1.79 bits per heavy atom. The van der Waals surface area contributed by atoms with Crippen molar-refractivity contribution in [3.8, 4) is 11.5 Å². The summed E-state index contributed by atoms with van der Waals surface area (Å²) in [6.07, 6.45) is -0.137. The molecule has 29 heavy (non-hydrogen) atoms. The van der Waals surface area contributed by atoms with Crippen LogP contribution in [-0.4, -0.2) is 43.7 Å². The number of benzene rings is 2. The fraction of sp³-hybridized carbons (Fsp3) is 0.286. The summed E-state index contributed by atoms with van der Waals surface area (Å²) in [7, 11) is 3.05. The third-order valence-electron chi connectivity index (χ3n) is 4.76. The molecule has 1 saturated heterocycles. The predicted octanol–water partition coefficient (Wildman–Crippen LogP) is 2.32. The predicted molar refractivity (Wildman–Crippen MR) is 106 cm³/mol. The molecule has 1 aliphatic heterocycles. The number of ether oxygens (including phenoxy) is 2. The van der Waals surface area contributed by atoms with Gasteiger partial charge in [-0.25, -0.2) is 0 Å². The molecule has 8 nitrogen and oxygen atoms in total. The monoisotopic (exact) mass is 398 g/mol. The van der Waals surface area contributed by atoms with Crippen molar-refractivity contribution in [1.82, 2.24) is 0 Å². The number of methoxy groups -OCH3 is 2. The zero-order chi connectivity index (χ0) is 21.0. The third-order valence-corrected chi connectivity index (χ3v) is 4.76. The maximum absolute atomic E-state index is 12.7. The zero-order valence-electron chi connectivity index (χ0n) is 16.2. The number of hydrogen-bond donors (Lipinski definition) is 2. The van der Waals surface area contributed by atoms with Gasteiger partial charge in [0.05, 0.1) is 32.2 Å². The molecule has 1 fully saturated rings. The molecule has 0 radical (unpaired) electrons. The molecular weight excluding hydrogens is 376 g/mol. The van der Waals surface area contributed by atoms with Gasteiger partial charge in [0.1, 0.15) is 11.5 Å². The molecule has 0 bridgehead atoms. The van der Waals surface area contributed by atoms with E-state index in [1.54, 1.807) is 42.5 Å². The van der Waals surface area contributed by atoms with Gasteiger partial charge in [0.15, 0.2) is 0 Å². The fourth-order valence-corrected chi connectivity index (χ4v) is 3.28. The first-order valence-corrected chi connectivity index (χ1v) is 9.05. The van der Waals surface area contributed by atoms with E-state index < -0.39 is 11.9 Å². The van der Waals surface area contributed by atoms with E-state index in [1.807, 2.05) is 0 Å². The number of carboxylic acid groups (broad SMARTS) is 1. The van der Waals surface area contributed by atoms with Crippen molar-refractivity contribution in [3.63, 3.8) is 0 Å². The number of para-hydroxylation sites is 1. The lowest BCUT2D eigenvalue weighted by atomic mass is 10.1. The summed E-state index contributed by atoms with van der Waals surface area (Å²) in [5.74, 6) is -0.961. The summed E-state index contributed by atoms with van der Waals surface area (Å²) in [6.45, 7) is 0.210. The number of hydrogen-bond acceptors (Lipinski definition) is 5. The number of carboxylic acids is 1. The zero-order valence-corrected chi connectivity index (χ0v) is 16.2. The van der Waals surface area contributed by atoms with Crippen molar-refractivity contribution in [2.24, 2.45) is 5.92 Å². The summed E-state index contributed by atoms with van der Waals surface area (Å²) in [5.41, 5.74) is 1.54. The summed E-state index contributed by atoms with van der Waals surface area (Å²) in [6, 6.07) is 11.9. The maximum atomic E-state index is 12.7. The van der Waals surface area contributed by atoms with Gasteiger partial charge in [0, 0.05) is 36.9 Å². The fourth-order valence-electron chi connectivity index (χ4n) is 3.28. The minimum absolute atomic E-state index is 0.0620. The van der Waals surface area contributed by atoms with E-state index in [9.17, 15) is 14.4 Å². The van der Waals surface area contributed by atoms with E-state index in [2.05, 4.69) is 5.32 Å². The summed E-state index contributed by atoms with van der Waals surface area (Å²) in [4.78, 5) is 37.8. The number of anilines is 2. The van der Waals surface area contributed by atoms with Crippen LogP contribution in [0.3, 0.4) is 0 Å². The van der Waals surface area contributed by atoms with Crippen LogP contribution in [0.25, 0.3) is 0 Å². The molecule has 152 valence electrons. The average molecular weight is 398 g/mol. The van der Waals surface area contributed by atoms with Crippen molar-refractivity contribution in [3.05, 3.63) is 48.0 Å². The Labute approximate surface area is 168 Å². The molecule has 8 heteroatoms. The molecule has 2 N–H and O–H groups in total. The minimum Gasteiger partial charge on any atom is -0.497 e. The lowest BCUT2D eigenvalue weighted by molar-refractivity contribution is -0.136. The lowest BCUT2D eigenvalue weighted by Crippen LogP contribution is -2.28. The maximum Gasteiger partial charge on any atom is 0.307 e. The van der Waals surface area contributed by atoms with Gasteiger partial charge in [0.2, 0.25) is 11.8 Å². The Morgan fingerprint density at radius 3 is 2.41 bits per heavy atom. The van der Waals surface area contributed by atoms with Crippen LogP contribution >= 0.6 is 0 Å². The Hall–Kier alpha value is -3.55. The molecule has 2 amide bonds. The SMILES string of the molecule is COc1cc(OC)cc(N2CC(C(=O)Nc3ccccc3CC(=O)O)CC2=O)c1. The molecule has 0 spiro atoms. The second-order valence-electron chi connectivity index (χ2n) is 6.69. The van der Waals surface area contributed by atoms with Gasteiger partial charge < -0.3 is 24.8 Å². The molecule has 2 aromatic rings. The molecule has 1 aliphatic rings. The molecule has 1 unspecified atom stereocenters. The lowest BCUT2D eigenvalue weighted by Gasteiger charge is -2.19. The molecule has 0 aliphatic carbocycles. The van der Waals surface area contributed by atoms with E-state index in [4.69, 9.17) is 14.6 Å². The molecule has 3 rings (SSSR count). The van der Waals surface area contributed by atoms with Crippen molar-refractivity contribution >= 4 is 29.2 Å². The molecule has 1 atom stereocenters. The van der Waals surface area contributed by atoms with Crippen LogP contribution in [0, 0.1) is 5.92 Å². The van der Waals surface area contributed by atoms with Crippen LogP contribution in [0.1, 0.15) is 12.0 Å². The van der Waals surface area contributed by atoms with Crippen LogP contribution in [0.4, 0.5) is 11.4 Å². The van der Waals surface area contributed by atoms with Gasteiger partial charge in [0.25, 0.3) is 0 Å². The third kappa shape index (κ3) is 4.66. The van der Waals surface area contributed by atoms with E-state index >= 15 is 0 Å². The normalized spacial score (nSPS) is 15.9. The molecule has 0 aromatic heterocycles. The van der Waals surface area contributed by atoms with E-state index in [-0.39, 0.29) is 31.2 Å². The second-order valence-corrected chi connectivity index (χ2v) is 6.69. The van der Waals surface area contributed by atoms with Crippen molar-refractivity contribution in [2.45, 2.75) is 12.8 Å². The van der Waals surface area contributed by atoms with Crippen molar-refractivity contribution < 1.29 is 29.0 Å². The number of nitrogens with one attached hydrogen (secondary N) is 1. The number of rotatable bonds is 7. The molecule has 1 heterocycles.